The van der Waals surface area contributed by atoms with Gasteiger partial charge in [-0.3, -0.25) is 4.79 Å². The van der Waals surface area contributed by atoms with Crippen LogP contribution in [0.4, 0.5) is 16.5 Å². The third-order valence-corrected chi connectivity index (χ3v) is 7.16. The van der Waals surface area contributed by atoms with Gasteiger partial charge in [-0.05, 0) is 49.7 Å². The predicted octanol–water partition coefficient (Wildman–Crippen LogP) is 3.36. The largest absolute Gasteiger partial charge is 0.384 e. The number of aliphatic hydroxyl groups is 1. The van der Waals surface area contributed by atoms with E-state index in [0.717, 1.165) is 48.1 Å². The smallest absolute Gasteiger partial charge is 0.251 e. The Bertz CT molecular complexity index is 1390. The van der Waals surface area contributed by atoms with Gasteiger partial charge in [-0.25, -0.2) is 9.67 Å². The number of amides is 1. The Morgan fingerprint density at radius 1 is 1.19 bits per heavy atom. The van der Waals surface area contributed by atoms with E-state index in [0.29, 0.717) is 28.6 Å². The first-order chi connectivity index (χ1) is 17.8. The summed E-state index contributed by atoms with van der Waals surface area (Å²) >= 11 is 1.45. The van der Waals surface area contributed by atoms with Crippen molar-refractivity contribution in [1.82, 2.24) is 20.0 Å². The van der Waals surface area contributed by atoms with Crippen molar-refractivity contribution in [2.24, 2.45) is 5.73 Å². The summed E-state index contributed by atoms with van der Waals surface area (Å²) < 4.78 is 7.06. The lowest BCUT2D eigenvalue weighted by molar-refractivity contribution is 0.0737. The number of nitrogens with zero attached hydrogens (tertiary/aromatic N) is 5. The quantitative estimate of drug-likeness (QED) is 0.323. The molecule has 0 spiro atoms. The van der Waals surface area contributed by atoms with Crippen LogP contribution >= 0.6 is 11.3 Å². The summed E-state index contributed by atoms with van der Waals surface area (Å²) in [7, 11) is 0. The Hall–Kier alpha value is -3.80. The average molecular weight is 520 g/mol. The molecule has 4 heterocycles. The van der Waals surface area contributed by atoms with Crippen LogP contribution in [-0.2, 0) is 16.9 Å². The highest BCUT2D eigenvalue weighted by atomic mass is 32.1. The average Bonchev–Trinajstić information content (AvgIpc) is 3.53. The van der Waals surface area contributed by atoms with E-state index in [2.05, 4.69) is 49.8 Å². The Kier molecular flexibility index (Phi) is 6.92. The van der Waals surface area contributed by atoms with E-state index in [9.17, 15) is 9.90 Å². The van der Waals surface area contributed by atoms with Crippen LogP contribution in [0.3, 0.4) is 0 Å². The van der Waals surface area contributed by atoms with Gasteiger partial charge in [0.2, 0.25) is 0 Å². The summed E-state index contributed by atoms with van der Waals surface area (Å²) in [6, 6.07) is 15.7. The van der Waals surface area contributed by atoms with E-state index < -0.39 is 11.5 Å². The van der Waals surface area contributed by atoms with Crippen molar-refractivity contribution in [3.05, 3.63) is 71.7 Å². The fraction of sp³-hybridized carbons (Fsp3) is 0.308. The van der Waals surface area contributed by atoms with Crippen molar-refractivity contribution >= 4 is 33.8 Å². The molecule has 11 heteroatoms. The highest BCUT2D eigenvalue weighted by Gasteiger charge is 2.20. The van der Waals surface area contributed by atoms with Crippen LogP contribution < -0.4 is 16.0 Å². The Morgan fingerprint density at radius 3 is 2.62 bits per heavy atom. The first kappa shape index (κ1) is 24.9. The molecule has 5 rings (SSSR count). The Morgan fingerprint density at radius 2 is 1.95 bits per heavy atom. The van der Waals surface area contributed by atoms with E-state index in [-0.39, 0.29) is 0 Å². The van der Waals surface area contributed by atoms with E-state index >= 15 is 0 Å². The van der Waals surface area contributed by atoms with Crippen molar-refractivity contribution in [2.45, 2.75) is 26.0 Å². The SMILES string of the molecule is CC(C)(O)c1cn(Cc2cccc(Nc3sc(-c4ccc(N5CCOCC5)cc4)cc3C(N)=O)n2)nn1. The van der Waals surface area contributed by atoms with Crippen molar-refractivity contribution < 1.29 is 14.6 Å². The summed E-state index contributed by atoms with van der Waals surface area (Å²) in [6.07, 6.45) is 1.70. The molecule has 192 valence electrons. The summed E-state index contributed by atoms with van der Waals surface area (Å²) in [4.78, 5) is 20.1. The van der Waals surface area contributed by atoms with Crippen LogP contribution in [-0.4, -0.2) is 57.3 Å². The zero-order chi connectivity index (χ0) is 26.0. The standard InChI is InChI=1S/C26H29N7O3S/c1-26(2,35)22-16-33(31-30-22)15-18-4-3-5-23(28-18)29-25-20(24(27)34)14-21(37-25)17-6-8-19(9-7-17)32-10-12-36-13-11-32/h3-9,14,16,35H,10-13,15H2,1-2H3,(H2,27,34)(H,28,29). The highest BCUT2D eigenvalue weighted by molar-refractivity contribution is 7.19. The number of anilines is 3. The minimum Gasteiger partial charge on any atom is -0.384 e. The molecule has 0 bridgehead atoms. The van der Waals surface area contributed by atoms with Crippen molar-refractivity contribution in [2.75, 3.05) is 36.5 Å². The number of nitrogens with two attached hydrogens (primary N) is 1. The molecule has 0 atom stereocenters. The fourth-order valence-corrected chi connectivity index (χ4v) is 5.12. The lowest BCUT2D eigenvalue weighted by Crippen LogP contribution is -2.36. The van der Waals surface area contributed by atoms with Gasteiger partial charge < -0.3 is 25.8 Å². The fourth-order valence-electron chi connectivity index (χ4n) is 4.04. The normalized spacial score (nSPS) is 14.1. The summed E-state index contributed by atoms with van der Waals surface area (Å²) in [5.41, 5.74) is 8.43. The molecule has 1 saturated heterocycles. The molecule has 1 amide bonds. The monoisotopic (exact) mass is 519 g/mol. The lowest BCUT2D eigenvalue weighted by atomic mass is 10.1. The number of morpholine rings is 1. The number of benzene rings is 1. The summed E-state index contributed by atoms with van der Waals surface area (Å²) in [6.45, 7) is 6.93. The molecule has 0 unspecified atom stereocenters. The second kappa shape index (κ2) is 10.3. The molecule has 1 aliphatic rings. The second-order valence-corrected chi connectivity index (χ2v) is 10.4. The van der Waals surface area contributed by atoms with Crippen molar-refractivity contribution in [1.29, 1.82) is 0 Å². The first-order valence-electron chi connectivity index (χ1n) is 12.0. The van der Waals surface area contributed by atoms with Gasteiger partial charge in [0.1, 0.15) is 22.1 Å². The van der Waals surface area contributed by atoms with Crippen LogP contribution in [0.25, 0.3) is 10.4 Å². The molecule has 4 aromatic rings. The van der Waals surface area contributed by atoms with Crippen LogP contribution in [0.5, 0.6) is 0 Å². The molecule has 1 fully saturated rings. The van der Waals surface area contributed by atoms with Crippen LogP contribution in [0.1, 0.15) is 35.6 Å². The van der Waals surface area contributed by atoms with Gasteiger partial charge >= 0.3 is 0 Å². The number of carbonyl (C=O) groups is 1. The van der Waals surface area contributed by atoms with E-state index in [4.69, 9.17) is 10.5 Å². The maximum absolute atomic E-state index is 12.2. The molecule has 0 saturated carbocycles. The number of primary amides is 1. The third kappa shape index (κ3) is 5.79. The molecule has 0 aliphatic carbocycles. The number of ether oxygens (including phenoxy) is 1. The van der Waals surface area contributed by atoms with Gasteiger partial charge in [-0.1, -0.05) is 23.4 Å². The van der Waals surface area contributed by atoms with Gasteiger partial charge in [0.15, 0.2) is 0 Å². The maximum Gasteiger partial charge on any atom is 0.251 e. The zero-order valence-corrected chi connectivity index (χ0v) is 21.5. The number of nitrogens with one attached hydrogen (secondary N) is 1. The summed E-state index contributed by atoms with van der Waals surface area (Å²) in [5.74, 6) is 0.0757. The Balaban J connectivity index is 1.34. The number of hydrogen-bond acceptors (Lipinski definition) is 9. The van der Waals surface area contributed by atoms with E-state index in [1.54, 1.807) is 24.7 Å². The number of carbonyl (C=O) groups excluding carboxylic acids is 1. The molecular formula is C26H29N7O3S. The minimum atomic E-state index is -1.07. The number of pyridine rings is 1. The zero-order valence-electron chi connectivity index (χ0n) is 20.7. The predicted molar refractivity (Wildman–Crippen MR) is 143 cm³/mol. The highest BCUT2D eigenvalue weighted by Crippen LogP contribution is 2.37. The van der Waals surface area contributed by atoms with Crippen LogP contribution in [0.15, 0.2) is 54.7 Å². The number of rotatable bonds is 8. The van der Waals surface area contributed by atoms with Gasteiger partial charge in [-0.2, -0.15) is 0 Å². The molecule has 0 radical (unpaired) electrons. The van der Waals surface area contributed by atoms with Gasteiger partial charge in [0, 0.05) is 23.7 Å². The molecule has 1 aliphatic heterocycles. The molecule has 37 heavy (non-hydrogen) atoms. The number of aromatic nitrogens is 4. The van der Waals surface area contributed by atoms with E-state index in [1.165, 1.54) is 11.3 Å². The molecule has 3 aromatic heterocycles. The molecule has 10 nitrogen and oxygen atoms in total. The van der Waals surface area contributed by atoms with Crippen molar-refractivity contribution in [3.8, 4) is 10.4 Å². The molecule has 4 N–H and O–H groups in total. The minimum absolute atomic E-state index is 0.381. The van der Waals surface area contributed by atoms with Crippen LogP contribution in [0.2, 0.25) is 0 Å². The number of thiophene rings is 1. The number of hydrogen-bond donors (Lipinski definition) is 3. The molecular weight excluding hydrogens is 490 g/mol. The topological polar surface area (TPSA) is 131 Å². The van der Waals surface area contributed by atoms with E-state index in [1.807, 2.05) is 24.3 Å². The molecule has 1 aromatic carbocycles. The lowest BCUT2D eigenvalue weighted by Gasteiger charge is -2.28. The Labute approximate surface area is 218 Å². The van der Waals surface area contributed by atoms with Crippen molar-refractivity contribution in [3.63, 3.8) is 0 Å². The van der Waals surface area contributed by atoms with Gasteiger partial charge in [0.25, 0.3) is 5.91 Å². The maximum atomic E-state index is 12.2. The second-order valence-electron chi connectivity index (χ2n) is 9.36. The third-order valence-electron chi connectivity index (χ3n) is 6.06. The van der Waals surface area contributed by atoms with Gasteiger partial charge in [0.05, 0.1) is 37.2 Å². The first-order valence-corrected chi connectivity index (χ1v) is 12.8. The van der Waals surface area contributed by atoms with Crippen LogP contribution in [0, 0.1) is 0 Å². The van der Waals surface area contributed by atoms with Gasteiger partial charge in [-0.15, -0.1) is 16.4 Å². The summed E-state index contributed by atoms with van der Waals surface area (Å²) in [5, 5.41) is 22.1.